The highest BCUT2D eigenvalue weighted by molar-refractivity contribution is 5.95. The van der Waals surface area contributed by atoms with Crippen LogP contribution in [0.2, 0.25) is 0 Å². The average molecular weight is 457 g/mol. The second kappa shape index (κ2) is 9.99. The molecule has 0 fully saturated rings. The zero-order valence-corrected chi connectivity index (χ0v) is 18.5. The number of fused-ring (bicyclic) bond motifs is 1. The van der Waals surface area contributed by atoms with E-state index in [0.29, 0.717) is 17.6 Å². The Morgan fingerprint density at radius 1 is 0.941 bits per heavy atom. The molecule has 1 unspecified atom stereocenters. The number of aromatic amines is 1. The van der Waals surface area contributed by atoms with E-state index in [1.807, 2.05) is 42.5 Å². The molecular weight excluding hydrogens is 434 g/mol. The molecule has 2 N–H and O–H groups in total. The van der Waals surface area contributed by atoms with Gasteiger partial charge in [-0.15, -0.1) is 0 Å². The zero-order chi connectivity index (χ0) is 24.1. The number of anilines is 1. The molecule has 0 aliphatic heterocycles. The van der Waals surface area contributed by atoms with Crippen molar-refractivity contribution in [3.63, 3.8) is 0 Å². The lowest BCUT2D eigenvalue weighted by molar-refractivity contribution is -0.153. The Labute approximate surface area is 194 Å². The maximum Gasteiger partial charge on any atom is 0.329 e. The summed E-state index contributed by atoms with van der Waals surface area (Å²) in [6, 6.07) is 23.7. The van der Waals surface area contributed by atoms with Crippen LogP contribution in [0.3, 0.4) is 0 Å². The maximum absolute atomic E-state index is 12.7. The highest BCUT2D eigenvalue weighted by Gasteiger charge is 2.20. The van der Waals surface area contributed by atoms with Gasteiger partial charge in [0.1, 0.15) is 6.54 Å². The van der Waals surface area contributed by atoms with Gasteiger partial charge in [-0.1, -0.05) is 60.7 Å². The Morgan fingerprint density at radius 3 is 2.41 bits per heavy atom. The molecule has 0 radical (unpaired) electrons. The highest BCUT2D eigenvalue weighted by atomic mass is 16.5. The zero-order valence-electron chi connectivity index (χ0n) is 18.5. The van der Waals surface area contributed by atoms with Crippen LogP contribution < -0.4 is 16.6 Å². The third kappa shape index (κ3) is 5.12. The van der Waals surface area contributed by atoms with E-state index in [2.05, 4.69) is 10.3 Å². The highest BCUT2D eigenvalue weighted by Crippen LogP contribution is 2.19. The minimum atomic E-state index is -1.13. The first-order chi connectivity index (χ1) is 16.4. The monoisotopic (exact) mass is 457 g/mol. The van der Waals surface area contributed by atoms with Crippen molar-refractivity contribution in [1.29, 1.82) is 0 Å². The molecule has 34 heavy (non-hydrogen) atoms. The summed E-state index contributed by atoms with van der Waals surface area (Å²) in [7, 11) is 0. The van der Waals surface area contributed by atoms with Gasteiger partial charge in [-0.2, -0.15) is 0 Å². The number of esters is 1. The van der Waals surface area contributed by atoms with Gasteiger partial charge in [0.15, 0.2) is 6.10 Å². The van der Waals surface area contributed by atoms with Crippen molar-refractivity contribution in [2.45, 2.75) is 26.0 Å². The third-order valence-electron chi connectivity index (χ3n) is 5.37. The standard InChI is InChI=1S/C26H23N3O5/c1-17(24(31)27-21-13-7-5-11-19(21)15-18-9-3-2-4-10-18)34-23(30)16-29-25(32)20-12-6-8-14-22(20)28-26(29)33/h2-14,17H,15-16H2,1H3,(H,27,31)(H,28,33). The largest absolute Gasteiger partial charge is 0.451 e. The van der Waals surface area contributed by atoms with E-state index in [0.717, 1.165) is 15.7 Å². The molecule has 1 atom stereocenters. The number of hydrogen-bond acceptors (Lipinski definition) is 5. The molecular formula is C26H23N3O5. The molecule has 0 aliphatic rings. The van der Waals surface area contributed by atoms with E-state index in [4.69, 9.17) is 4.74 Å². The van der Waals surface area contributed by atoms with Crippen molar-refractivity contribution in [2.24, 2.45) is 0 Å². The number of carbonyl (C=O) groups is 2. The molecule has 0 saturated carbocycles. The molecule has 0 spiro atoms. The molecule has 0 saturated heterocycles. The lowest BCUT2D eigenvalue weighted by Crippen LogP contribution is -2.39. The number of nitrogens with one attached hydrogen (secondary N) is 2. The Kier molecular flexibility index (Phi) is 6.68. The van der Waals surface area contributed by atoms with Crippen molar-refractivity contribution in [3.8, 4) is 0 Å². The van der Waals surface area contributed by atoms with Crippen molar-refractivity contribution in [2.75, 3.05) is 5.32 Å². The fraction of sp³-hybridized carbons (Fsp3) is 0.154. The molecule has 3 aromatic carbocycles. The van der Waals surface area contributed by atoms with Crippen molar-refractivity contribution in [1.82, 2.24) is 9.55 Å². The summed E-state index contributed by atoms with van der Waals surface area (Å²) in [5.41, 5.74) is 1.66. The molecule has 0 aliphatic carbocycles. The predicted octanol–water partition coefficient (Wildman–Crippen LogP) is 2.85. The van der Waals surface area contributed by atoms with Crippen LogP contribution in [0.25, 0.3) is 10.9 Å². The van der Waals surface area contributed by atoms with Gasteiger partial charge in [-0.05, 0) is 42.7 Å². The molecule has 1 amide bonds. The van der Waals surface area contributed by atoms with Crippen LogP contribution in [0, 0.1) is 0 Å². The number of benzene rings is 3. The van der Waals surface area contributed by atoms with Crippen molar-refractivity contribution < 1.29 is 14.3 Å². The Bertz CT molecular complexity index is 1460. The summed E-state index contributed by atoms with van der Waals surface area (Å²) in [5, 5.41) is 3.07. The first-order valence-electron chi connectivity index (χ1n) is 10.8. The molecule has 8 nitrogen and oxygen atoms in total. The number of para-hydroxylation sites is 2. The summed E-state index contributed by atoms with van der Waals surface area (Å²) in [6.07, 6.45) is -0.508. The first-order valence-corrected chi connectivity index (χ1v) is 10.8. The van der Waals surface area contributed by atoms with E-state index in [-0.39, 0.29) is 5.39 Å². The number of nitrogens with zero attached hydrogens (tertiary/aromatic N) is 1. The fourth-order valence-corrected chi connectivity index (χ4v) is 3.61. The molecule has 1 aromatic heterocycles. The normalized spacial score (nSPS) is 11.7. The summed E-state index contributed by atoms with van der Waals surface area (Å²) < 4.78 is 5.96. The maximum atomic E-state index is 12.7. The SMILES string of the molecule is CC(OC(=O)Cn1c(=O)[nH]c2ccccc2c1=O)C(=O)Nc1ccccc1Cc1ccccc1. The van der Waals surface area contributed by atoms with Crippen molar-refractivity contribution >= 4 is 28.5 Å². The average Bonchev–Trinajstić information content (AvgIpc) is 2.83. The van der Waals surface area contributed by atoms with Crippen LogP contribution in [-0.2, 0) is 27.3 Å². The summed E-state index contributed by atoms with van der Waals surface area (Å²) in [6.45, 7) is 0.821. The van der Waals surface area contributed by atoms with Gasteiger partial charge in [0, 0.05) is 5.69 Å². The number of carbonyl (C=O) groups excluding carboxylic acids is 2. The van der Waals surface area contributed by atoms with Gasteiger partial charge in [-0.3, -0.25) is 14.4 Å². The van der Waals surface area contributed by atoms with E-state index in [1.54, 1.807) is 36.4 Å². The van der Waals surface area contributed by atoms with Gasteiger partial charge < -0.3 is 15.0 Å². The lowest BCUT2D eigenvalue weighted by Gasteiger charge is -2.16. The smallest absolute Gasteiger partial charge is 0.329 e. The molecule has 4 aromatic rings. The van der Waals surface area contributed by atoms with Crippen molar-refractivity contribution in [3.05, 3.63) is 111 Å². The summed E-state index contributed by atoms with van der Waals surface area (Å²) in [5.74, 6) is -1.39. The minimum Gasteiger partial charge on any atom is -0.451 e. The first kappa shape index (κ1) is 22.7. The number of rotatable bonds is 7. The summed E-state index contributed by atoms with van der Waals surface area (Å²) in [4.78, 5) is 52.5. The predicted molar refractivity (Wildman–Crippen MR) is 129 cm³/mol. The topological polar surface area (TPSA) is 110 Å². The molecule has 8 heteroatoms. The quantitative estimate of drug-likeness (QED) is 0.415. The van der Waals surface area contributed by atoms with Gasteiger partial charge in [0.25, 0.3) is 11.5 Å². The number of amides is 1. The third-order valence-corrected chi connectivity index (χ3v) is 5.37. The second-order valence-corrected chi connectivity index (χ2v) is 7.81. The van der Waals surface area contributed by atoms with E-state index >= 15 is 0 Å². The van der Waals surface area contributed by atoms with Crippen LogP contribution in [-0.4, -0.2) is 27.5 Å². The van der Waals surface area contributed by atoms with Crippen LogP contribution in [0.15, 0.2) is 88.5 Å². The van der Waals surface area contributed by atoms with E-state index < -0.39 is 35.8 Å². The molecule has 0 bridgehead atoms. The van der Waals surface area contributed by atoms with Crippen LogP contribution in [0.5, 0.6) is 0 Å². The molecule has 4 rings (SSSR count). The van der Waals surface area contributed by atoms with Gasteiger partial charge >= 0.3 is 11.7 Å². The van der Waals surface area contributed by atoms with E-state index in [1.165, 1.54) is 6.92 Å². The van der Waals surface area contributed by atoms with Crippen LogP contribution in [0.4, 0.5) is 5.69 Å². The number of aromatic nitrogens is 2. The van der Waals surface area contributed by atoms with Crippen LogP contribution in [0.1, 0.15) is 18.1 Å². The lowest BCUT2D eigenvalue weighted by atomic mass is 10.0. The van der Waals surface area contributed by atoms with Crippen LogP contribution >= 0.6 is 0 Å². The van der Waals surface area contributed by atoms with Gasteiger partial charge in [0.05, 0.1) is 10.9 Å². The van der Waals surface area contributed by atoms with Gasteiger partial charge in [-0.25, -0.2) is 9.36 Å². The number of ether oxygens (including phenoxy) is 1. The number of H-pyrrole nitrogens is 1. The Morgan fingerprint density at radius 2 is 1.62 bits per heavy atom. The fourth-order valence-electron chi connectivity index (χ4n) is 3.61. The van der Waals surface area contributed by atoms with Gasteiger partial charge in [0.2, 0.25) is 0 Å². The Balaban J connectivity index is 1.43. The second-order valence-electron chi connectivity index (χ2n) is 7.81. The molecule has 172 valence electrons. The summed E-state index contributed by atoms with van der Waals surface area (Å²) >= 11 is 0. The van der Waals surface area contributed by atoms with E-state index in [9.17, 15) is 19.2 Å². The molecule has 1 heterocycles. The minimum absolute atomic E-state index is 0.274. The Hall–Kier alpha value is -4.46. The number of hydrogen-bond donors (Lipinski definition) is 2.